The van der Waals surface area contributed by atoms with Crippen molar-refractivity contribution in [2.24, 2.45) is 0 Å². The van der Waals surface area contributed by atoms with Gasteiger partial charge in [-0.05, 0) is 51.9 Å². The van der Waals surface area contributed by atoms with Gasteiger partial charge in [0.25, 0.3) is 5.69 Å². The number of benzene rings is 2. The molecule has 164 valence electrons. The van der Waals surface area contributed by atoms with Crippen LogP contribution >= 0.6 is 0 Å². The van der Waals surface area contributed by atoms with Crippen molar-refractivity contribution in [3.05, 3.63) is 75.8 Å². The number of para-hydroxylation sites is 1. The van der Waals surface area contributed by atoms with Crippen LogP contribution < -0.4 is 0 Å². The maximum absolute atomic E-state index is 13.9. The van der Waals surface area contributed by atoms with Crippen molar-refractivity contribution in [3.63, 3.8) is 0 Å². The molecule has 0 radical (unpaired) electrons. The first-order chi connectivity index (χ1) is 15.2. The molecule has 2 saturated heterocycles. The van der Waals surface area contributed by atoms with Crippen LogP contribution in [0.25, 0.3) is 0 Å². The minimum absolute atomic E-state index is 0.0659. The number of nitro groups is 1. The third kappa shape index (κ3) is 4.86. The van der Waals surface area contributed by atoms with Gasteiger partial charge in [0.1, 0.15) is 0 Å². The predicted molar refractivity (Wildman–Crippen MR) is 121 cm³/mol. The molecule has 0 amide bonds. The minimum atomic E-state index is -0.429. The summed E-state index contributed by atoms with van der Waals surface area (Å²) in [4.78, 5) is 30.2. The monoisotopic (exact) mass is 421 g/mol. The molecule has 0 aromatic heterocycles. The molecule has 2 aromatic rings. The summed E-state index contributed by atoms with van der Waals surface area (Å²) in [5, 5.41) is 11.9. The Hall–Kier alpha value is -2.57. The summed E-state index contributed by atoms with van der Waals surface area (Å²) in [6, 6.07) is 15.7. The molecular weight excluding hydrogens is 390 g/mol. The maximum atomic E-state index is 13.9. The Morgan fingerprint density at radius 1 is 0.774 bits per heavy atom. The average Bonchev–Trinajstić information content (AvgIpc) is 2.83. The summed E-state index contributed by atoms with van der Waals surface area (Å²) < 4.78 is 0. The average molecular weight is 422 g/mol. The number of likely N-dealkylation sites (tertiary alicyclic amines) is 2. The van der Waals surface area contributed by atoms with Crippen molar-refractivity contribution < 1.29 is 9.72 Å². The third-order valence-corrected chi connectivity index (χ3v) is 6.65. The van der Waals surface area contributed by atoms with Crippen LogP contribution in [0.3, 0.4) is 0 Å². The molecule has 2 aromatic carbocycles. The largest absolute Gasteiger partial charge is 0.294 e. The molecule has 0 aliphatic carbocycles. The van der Waals surface area contributed by atoms with Crippen molar-refractivity contribution >= 4 is 11.5 Å². The number of carbonyl (C=O) groups is 1. The van der Waals surface area contributed by atoms with Crippen LogP contribution in [-0.2, 0) is 0 Å². The van der Waals surface area contributed by atoms with Gasteiger partial charge >= 0.3 is 0 Å². The third-order valence-electron chi connectivity index (χ3n) is 6.65. The van der Waals surface area contributed by atoms with Gasteiger partial charge in [-0.25, -0.2) is 0 Å². The van der Waals surface area contributed by atoms with Crippen LogP contribution in [-0.4, -0.2) is 52.7 Å². The van der Waals surface area contributed by atoms with Crippen LogP contribution in [0.1, 0.15) is 60.5 Å². The molecule has 2 fully saturated rings. The first kappa shape index (κ1) is 21.7. The molecule has 2 heterocycles. The Morgan fingerprint density at radius 2 is 1.32 bits per heavy atom. The Morgan fingerprint density at radius 3 is 1.94 bits per heavy atom. The topological polar surface area (TPSA) is 66.7 Å². The van der Waals surface area contributed by atoms with Crippen molar-refractivity contribution in [1.29, 1.82) is 0 Å². The number of ketones is 1. The predicted octanol–water partition coefficient (Wildman–Crippen LogP) is 4.86. The zero-order valence-corrected chi connectivity index (χ0v) is 18.0. The smallest absolute Gasteiger partial charge is 0.274 e. The Balaban J connectivity index is 1.83. The van der Waals surface area contributed by atoms with Crippen LogP contribution in [0.4, 0.5) is 5.69 Å². The standard InChI is InChI=1S/C25H31N3O3/c29-25(20-12-4-1-5-13-20)24(27-18-10-3-11-19-27)23(26-16-8-2-9-17-26)21-14-6-7-15-22(21)28(30)31/h1,4-7,12-15,23-24H,2-3,8-11,16-19H2/t23-,24-/m1/s1. The van der Waals surface area contributed by atoms with E-state index in [1.165, 1.54) is 12.8 Å². The van der Waals surface area contributed by atoms with Gasteiger partial charge in [-0.15, -0.1) is 0 Å². The molecule has 31 heavy (non-hydrogen) atoms. The SMILES string of the molecule is O=C(c1ccccc1)[C@@H]([C@@H](c1ccccc1[N+](=O)[O-])N1CCCCC1)N1CCCCC1. The van der Waals surface area contributed by atoms with Crippen molar-refractivity contribution in [1.82, 2.24) is 9.80 Å². The summed E-state index contributed by atoms with van der Waals surface area (Å²) in [6.07, 6.45) is 6.57. The molecule has 0 saturated carbocycles. The van der Waals surface area contributed by atoms with E-state index in [0.717, 1.165) is 51.9 Å². The number of hydrogen-bond acceptors (Lipinski definition) is 5. The highest BCUT2D eigenvalue weighted by Crippen LogP contribution is 2.37. The number of nitrogens with zero attached hydrogens (tertiary/aromatic N) is 3. The summed E-state index contributed by atoms with van der Waals surface area (Å²) in [5.41, 5.74) is 1.45. The Kier molecular flexibility index (Phi) is 7.10. The van der Waals surface area contributed by atoms with Crippen LogP contribution in [0.5, 0.6) is 0 Å². The molecule has 0 N–H and O–H groups in total. The number of piperidine rings is 2. The summed E-state index contributed by atoms with van der Waals surface area (Å²) >= 11 is 0. The molecule has 2 atom stereocenters. The second kappa shape index (κ2) is 10.2. The molecule has 2 aliphatic rings. The van der Waals surface area contributed by atoms with Crippen LogP contribution in [0, 0.1) is 10.1 Å². The van der Waals surface area contributed by atoms with Gasteiger partial charge in [0.2, 0.25) is 0 Å². The van der Waals surface area contributed by atoms with E-state index < -0.39 is 6.04 Å². The molecule has 0 spiro atoms. The van der Waals surface area contributed by atoms with Crippen LogP contribution in [0.15, 0.2) is 54.6 Å². The normalized spacial score (nSPS) is 20.1. The minimum Gasteiger partial charge on any atom is -0.294 e. The number of rotatable bonds is 7. The van der Waals surface area contributed by atoms with E-state index in [9.17, 15) is 14.9 Å². The highest BCUT2D eigenvalue weighted by atomic mass is 16.6. The van der Waals surface area contributed by atoms with Crippen molar-refractivity contribution in [2.45, 2.75) is 50.6 Å². The van der Waals surface area contributed by atoms with Gasteiger partial charge in [-0.2, -0.15) is 0 Å². The van der Waals surface area contributed by atoms with Crippen molar-refractivity contribution in [3.8, 4) is 0 Å². The molecule has 6 heteroatoms. The summed E-state index contributed by atoms with van der Waals surface area (Å²) in [5.74, 6) is 0.0659. The van der Waals surface area contributed by atoms with E-state index in [4.69, 9.17) is 0 Å². The number of Topliss-reactive ketones (excluding diaryl/α,β-unsaturated/α-hetero) is 1. The van der Waals surface area contributed by atoms with Crippen molar-refractivity contribution in [2.75, 3.05) is 26.2 Å². The maximum Gasteiger partial charge on any atom is 0.274 e. The lowest BCUT2D eigenvalue weighted by Gasteiger charge is -2.44. The highest BCUT2D eigenvalue weighted by Gasteiger charge is 2.41. The fourth-order valence-electron chi connectivity index (χ4n) is 5.15. The quantitative estimate of drug-likeness (QED) is 0.363. The van der Waals surface area contributed by atoms with Gasteiger partial charge < -0.3 is 0 Å². The number of nitro benzene ring substituents is 1. The number of carbonyl (C=O) groups excluding carboxylic acids is 1. The zero-order valence-electron chi connectivity index (χ0n) is 18.0. The van der Waals surface area contributed by atoms with Gasteiger partial charge in [0.05, 0.1) is 17.0 Å². The lowest BCUT2D eigenvalue weighted by molar-refractivity contribution is -0.386. The van der Waals surface area contributed by atoms with Gasteiger partial charge in [0.15, 0.2) is 5.78 Å². The summed E-state index contributed by atoms with van der Waals surface area (Å²) in [6.45, 7) is 3.44. The molecule has 4 rings (SSSR count). The van der Waals surface area contributed by atoms with E-state index >= 15 is 0 Å². The Labute approximate surface area is 184 Å². The van der Waals surface area contributed by atoms with Gasteiger partial charge in [0, 0.05) is 17.2 Å². The van der Waals surface area contributed by atoms with E-state index in [-0.39, 0.29) is 22.4 Å². The Bertz CT molecular complexity index is 890. The lowest BCUT2D eigenvalue weighted by Crippen LogP contribution is -2.53. The number of hydrogen-bond donors (Lipinski definition) is 0. The lowest BCUT2D eigenvalue weighted by atomic mass is 9.87. The van der Waals surface area contributed by atoms with Gasteiger partial charge in [-0.3, -0.25) is 24.7 Å². The fourth-order valence-corrected chi connectivity index (χ4v) is 5.15. The molecule has 6 nitrogen and oxygen atoms in total. The second-order valence-electron chi connectivity index (χ2n) is 8.63. The van der Waals surface area contributed by atoms with E-state index in [1.807, 2.05) is 42.5 Å². The van der Waals surface area contributed by atoms with Crippen LogP contribution in [0.2, 0.25) is 0 Å². The van der Waals surface area contributed by atoms with E-state index in [1.54, 1.807) is 12.1 Å². The molecule has 0 unspecified atom stereocenters. The van der Waals surface area contributed by atoms with E-state index in [0.29, 0.717) is 11.1 Å². The molecular formula is C25H31N3O3. The first-order valence-corrected chi connectivity index (χ1v) is 11.5. The van der Waals surface area contributed by atoms with E-state index in [2.05, 4.69) is 9.80 Å². The second-order valence-corrected chi connectivity index (χ2v) is 8.63. The highest BCUT2D eigenvalue weighted by molar-refractivity contribution is 6.00. The fraction of sp³-hybridized carbons (Fsp3) is 0.480. The first-order valence-electron chi connectivity index (χ1n) is 11.5. The van der Waals surface area contributed by atoms with Gasteiger partial charge in [-0.1, -0.05) is 61.4 Å². The molecule has 2 aliphatic heterocycles. The molecule has 0 bridgehead atoms. The summed E-state index contributed by atoms with van der Waals surface area (Å²) in [7, 11) is 0. The zero-order chi connectivity index (χ0) is 21.6.